The quantitative estimate of drug-likeness (QED) is 0.643. The summed E-state index contributed by atoms with van der Waals surface area (Å²) < 4.78 is 26.5. The summed E-state index contributed by atoms with van der Waals surface area (Å²) in [5.41, 5.74) is 0. The summed E-state index contributed by atoms with van der Waals surface area (Å²) >= 11 is 0. The molecule has 1 saturated heterocycles. The van der Waals surface area contributed by atoms with Crippen molar-refractivity contribution in [3.8, 4) is 0 Å². The average Bonchev–Trinajstić information content (AvgIpc) is 2.26. The van der Waals surface area contributed by atoms with Gasteiger partial charge in [-0.2, -0.15) is 7.77 Å². The van der Waals surface area contributed by atoms with E-state index in [9.17, 15) is 7.77 Å². The molecule has 0 amide bonds. The van der Waals surface area contributed by atoms with Gasteiger partial charge in [0.05, 0.1) is 10.8 Å². The lowest BCUT2D eigenvalue weighted by atomic mass is 9.80. The maximum atomic E-state index is 13.2. The van der Waals surface area contributed by atoms with E-state index < -0.39 is 10.8 Å². The van der Waals surface area contributed by atoms with Gasteiger partial charge >= 0.3 is 0 Å². The van der Waals surface area contributed by atoms with E-state index in [1.165, 1.54) is 0 Å². The summed E-state index contributed by atoms with van der Waals surface area (Å²) in [5.74, 6) is 1.71. The van der Waals surface area contributed by atoms with Crippen molar-refractivity contribution < 1.29 is 7.77 Å². The zero-order valence-electron chi connectivity index (χ0n) is 8.89. The van der Waals surface area contributed by atoms with Crippen LogP contribution in [0.5, 0.6) is 0 Å². The highest BCUT2D eigenvalue weighted by Gasteiger charge is 2.44. The average molecular weight is 210 g/mol. The summed E-state index contributed by atoms with van der Waals surface area (Å²) in [6.07, 6.45) is 0. The van der Waals surface area contributed by atoms with Crippen molar-refractivity contribution in [3.05, 3.63) is 0 Å². The molecule has 13 heavy (non-hydrogen) atoms. The molecule has 0 nitrogen and oxygen atoms in total. The maximum absolute atomic E-state index is 13.2. The zero-order chi connectivity index (χ0) is 10.2. The maximum Gasteiger partial charge on any atom is 0.0579 e. The Morgan fingerprint density at radius 3 is 1.46 bits per heavy atom. The van der Waals surface area contributed by atoms with Crippen molar-refractivity contribution in [2.45, 2.75) is 27.7 Å². The molecule has 0 aromatic heterocycles. The van der Waals surface area contributed by atoms with Crippen LogP contribution in [0.3, 0.4) is 0 Å². The minimum Gasteiger partial charge on any atom is -0.158 e. The predicted molar refractivity (Wildman–Crippen MR) is 56.2 cm³/mol. The van der Waals surface area contributed by atoms with Gasteiger partial charge in [0, 0.05) is 11.5 Å². The Morgan fingerprint density at radius 1 is 0.923 bits per heavy atom. The summed E-state index contributed by atoms with van der Waals surface area (Å²) in [6, 6.07) is 0. The smallest absolute Gasteiger partial charge is 0.0579 e. The zero-order valence-corrected chi connectivity index (χ0v) is 9.70. The Bertz CT molecular complexity index is 160. The lowest BCUT2D eigenvalue weighted by Gasteiger charge is -2.24. The van der Waals surface area contributed by atoms with Gasteiger partial charge in [-0.3, -0.25) is 0 Å². The topological polar surface area (TPSA) is 0 Å². The van der Waals surface area contributed by atoms with Crippen LogP contribution in [0.25, 0.3) is 0 Å². The first-order valence-electron chi connectivity index (χ1n) is 5.01. The molecule has 0 aromatic rings. The Balaban J connectivity index is 2.71. The van der Waals surface area contributed by atoms with Crippen molar-refractivity contribution in [2.24, 2.45) is 23.7 Å². The van der Waals surface area contributed by atoms with Gasteiger partial charge < -0.3 is 0 Å². The third-order valence-electron chi connectivity index (χ3n) is 3.14. The summed E-state index contributed by atoms with van der Waals surface area (Å²) in [6.45, 7) is 8.28. The van der Waals surface area contributed by atoms with Crippen LogP contribution in [0.15, 0.2) is 0 Å². The Kier molecular flexibility index (Phi) is 3.26. The van der Waals surface area contributed by atoms with Gasteiger partial charge in [0.2, 0.25) is 0 Å². The molecule has 0 radical (unpaired) electrons. The molecule has 1 rings (SSSR count). The highest BCUT2D eigenvalue weighted by molar-refractivity contribution is 8.25. The van der Waals surface area contributed by atoms with E-state index in [0.717, 1.165) is 0 Å². The molecule has 0 spiro atoms. The van der Waals surface area contributed by atoms with Crippen LogP contribution in [-0.2, 0) is 0 Å². The van der Waals surface area contributed by atoms with Gasteiger partial charge in [-0.25, -0.2) is 0 Å². The number of hydrogen-bond acceptors (Lipinski definition) is 0. The summed E-state index contributed by atoms with van der Waals surface area (Å²) in [5, 5.41) is 0. The molecule has 1 aliphatic rings. The van der Waals surface area contributed by atoms with Gasteiger partial charge in [-0.05, 0) is 23.7 Å². The largest absolute Gasteiger partial charge is 0.158 e. The second-order valence-electron chi connectivity index (χ2n) is 4.85. The Morgan fingerprint density at radius 2 is 1.23 bits per heavy atom. The van der Waals surface area contributed by atoms with Gasteiger partial charge in [0.1, 0.15) is 0 Å². The van der Waals surface area contributed by atoms with E-state index in [1.807, 2.05) is 0 Å². The van der Waals surface area contributed by atoms with E-state index in [1.54, 1.807) is 0 Å². The molecule has 0 aliphatic carbocycles. The Hall–Kier alpha value is 0.210. The molecule has 1 aliphatic heterocycles. The van der Waals surface area contributed by atoms with Crippen LogP contribution in [0, 0.1) is 23.7 Å². The van der Waals surface area contributed by atoms with Crippen molar-refractivity contribution in [1.82, 2.24) is 0 Å². The molecule has 0 bridgehead atoms. The van der Waals surface area contributed by atoms with Gasteiger partial charge in [0.15, 0.2) is 0 Å². The molecular formula is C10H20F2S. The van der Waals surface area contributed by atoms with E-state index in [4.69, 9.17) is 0 Å². The highest BCUT2D eigenvalue weighted by atomic mass is 32.3. The summed E-state index contributed by atoms with van der Waals surface area (Å²) in [7, 11) is -3.23. The molecule has 0 aromatic carbocycles. The van der Waals surface area contributed by atoms with Crippen LogP contribution < -0.4 is 0 Å². The van der Waals surface area contributed by atoms with Crippen molar-refractivity contribution in [2.75, 3.05) is 11.5 Å². The van der Waals surface area contributed by atoms with Gasteiger partial charge in [-0.15, -0.1) is 0 Å². The normalized spacial score (nSPS) is 35.7. The molecule has 1 fully saturated rings. The fourth-order valence-electron chi connectivity index (χ4n) is 2.25. The SMILES string of the molecule is CC(C)C1CS(F)(F)CC1C(C)C. The molecule has 2 atom stereocenters. The van der Waals surface area contributed by atoms with Crippen LogP contribution in [0.2, 0.25) is 0 Å². The van der Waals surface area contributed by atoms with Crippen LogP contribution in [-0.4, -0.2) is 11.5 Å². The van der Waals surface area contributed by atoms with E-state index >= 15 is 0 Å². The monoisotopic (exact) mass is 210 g/mol. The minimum absolute atomic E-state index is 0.188. The van der Waals surface area contributed by atoms with Gasteiger partial charge in [-0.1, -0.05) is 27.7 Å². The van der Waals surface area contributed by atoms with Crippen LogP contribution in [0.1, 0.15) is 27.7 Å². The van der Waals surface area contributed by atoms with Crippen molar-refractivity contribution in [1.29, 1.82) is 0 Å². The lowest BCUT2D eigenvalue weighted by Crippen LogP contribution is -2.22. The fourth-order valence-corrected chi connectivity index (χ4v) is 4.78. The molecule has 2 unspecified atom stereocenters. The van der Waals surface area contributed by atoms with E-state index in [-0.39, 0.29) is 23.3 Å². The Labute approximate surface area is 82.0 Å². The predicted octanol–water partition coefficient (Wildman–Crippen LogP) is 4.12. The standard InChI is InChI=1S/C10H20F2S/c1-7(2)9-5-13(11,12)6-10(9)8(3)4/h7-10H,5-6H2,1-4H3. The molecular weight excluding hydrogens is 190 g/mol. The minimum atomic E-state index is -3.23. The van der Waals surface area contributed by atoms with Crippen molar-refractivity contribution >= 4 is 10.8 Å². The van der Waals surface area contributed by atoms with Crippen LogP contribution >= 0.6 is 10.8 Å². The van der Waals surface area contributed by atoms with Crippen LogP contribution in [0.4, 0.5) is 7.77 Å². The third-order valence-corrected chi connectivity index (χ3v) is 4.88. The van der Waals surface area contributed by atoms with E-state index in [2.05, 4.69) is 27.7 Å². The lowest BCUT2D eigenvalue weighted by molar-refractivity contribution is 0.257. The molecule has 0 saturated carbocycles. The third kappa shape index (κ3) is 2.58. The number of hydrogen-bond donors (Lipinski definition) is 0. The molecule has 0 N–H and O–H groups in total. The van der Waals surface area contributed by atoms with Gasteiger partial charge in [0.25, 0.3) is 0 Å². The first-order valence-corrected chi connectivity index (χ1v) is 6.78. The van der Waals surface area contributed by atoms with E-state index in [0.29, 0.717) is 11.8 Å². The number of rotatable bonds is 2. The molecule has 3 heteroatoms. The number of halogens is 2. The molecule has 1 heterocycles. The first kappa shape index (κ1) is 11.3. The fraction of sp³-hybridized carbons (Fsp3) is 1.00. The second-order valence-corrected chi connectivity index (χ2v) is 6.91. The van der Waals surface area contributed by atoms with Crippen molar-refractivity contribution in [3.63, 3.8) is 0 Å². The highest BCUT2D eigenvalue weighted by Crippen LogP contribution is 2.62. The second kappa shape index (κ2) is 3.76. The summed E-state index contributed by atoms with van der Waals surface area (Å²) in [4.78, 5) is 0. The first-order chi connectivity index (χ1) is 5.83. The molecule has 80 valence electrons.